The van der Waals surface area contributed by atoms with Crippen LogP contribution in [0.4, 0.5) is 20.2 Å². The maximum atomic E-state index is 13.7. The van der Waals surface area contributed by atoms with Crippen molar-refractivity contribution in [2.24, 2.45) is 0 Å². The van der Waals surface area contributed by atoms with E-state index in [1.54, 1.807) is 6.07 Å². The lowest BCUT2D eigenvalue weighted by molar-refractivity contribution is -0.384. The van der Waals surface area contributed by atoms with E-state index >= 15 is 0 Å². The number of ether oxygens (including phenoxy) is 1. The molecule has 1 fully saturated rings. The van der Waals surface area contributed by atoms with Gasteiger partial charge >= 0.3 is 0 Å². The average Bonchev–Trinajstić information content (AvgIpc) is 3.04. The van der Waals surface area contributed by atoms with Crippen LogP contribution in [0.1, 0.15) is 12.8 Å². The summed E-state index contributed by atoms with van der Waals surface area (Å²) < 4.78 is 32.0. The second-order valence-corrected chi connectivity index (χ2v) is 5.31. The molecule has 0 spiro atoms. The van der Waals surface area contributed by atoms with E-state index in [9.17, 15) is 18.9 Å². The molecule has 1 aliphatic heterocycles. The van der Waals surface area contributed by atoms with Crippen LogP contribution in [-0.2, 0) is 0 Å². The Bertz CT molecular complexity index is 746. The summed E-state index contributed by atoms with van der Waals surface area (Å²) in [4.78, 5) is 12.6. The maximum absolute atomic E-state index is 13.7. The number of nitro groups is 1. The van der Waals surface area contributed by atoms with E-state index < -0.39 is 16.6 Å². The van der Waals surface area contributed by atoms with Gasteiger partial charge in [0.05, 0.1) is 11.0 Å². The molecule has 3 rings (SSSR count). The van der Waals surface area contributed by atoms with Crippen LogP contribution < -0.4 is 9.64 Å². The molecule has 0 atom stereocenters. The molecule has 120 valence electrons. The van der Waals surface area contributed by atoms with E-state index in [0.29, 0.717) is 11.8 Å². The number of rotatable bonds is 4. The van der Waals surface area contributed by atoms with Crippen LogP contribution >= 0.6 is 0 Å². The first-order valence-electron chi connectivity index (χ1n) is 7.20. The molecule has 0 N–H and O–H groups in total. The van der Waals surface area contributed by atoms with Crippen molar-refractivity contribution in [3.05, 3.63) is 58.1 Å². The number of hydrogen-bond acceptors (Lipinski definition) is 4. The van der Waals surface area contributed by atoms with Gasteiger partial charge in [0.15, 0.2) is 11.6 Å². The Hall–Kier alpha value is -2.70. The zero-order valence-corrected chi connectivity index (χ0v) is 12.2. The van der Waals surface area contributed by atoms with E-state index in [2.05, 4.69) is 0 Å². The van der Waals surface area contributed by atoms with Crippen LogP contribution in [-0.4, -0.2) is 18.0 Å². The van der Waals surface area contributed by atoms with Gasteiger partial charge in [0, 0.05) is 37.0 Å². The highest BCUT2D eigenvalue weighted by atomic mass is 19.1. The fraction of sp³-hybridized carbons (Fsp3) is 0.250. The molecule has 23 heavy (non-hydrogen) atoms. The lowest BCUT2D eigenvalue weighted by atomic mass is 10.2. The fourth-order valence-corrected chi connectivity index (χ4v) is 2.58. The Morgan fingerprint density at radius 2 is 1.83 bits per heavy atom. The highest BCUT2D eigenvalue weighted by Crippen LogP contribution is 2.33. The topological polar surface area (TPSA) is 55.6 Å². The average molecular weight is 320 g/mol. The molecular formula is C16H14F2N2O3. The predicted molar refractivity (Wildman–Crippen MR) is 81.0 cm³/mol. The molecular weight excluding hydrogens is 306 g/mol. The van der Waals surface area contributed by atoms with E-state index in [0.717, 1.165) is 38.1 Å². The molecule has 2 aromatic rings. The predicted octanol–water partition coefficient (Wildman–Crippen LogP) is 4.27. The van der Waals surface area contributed by atoms with Crippen LogP contribution in [0.5, 0.6) is 11.5 Å². The number of nitrogens with zero attached hydrogens (tertiary/aromatic N) is 2. The van der Waals surface area contributed by atoms with Crippen molar-refractivity contribution in [3.63, 3.8) is 0 Å². The molecule has 0 bridgehead atoms. The molecule has 0 aliphatic carbocycles. The van der Waals surface area contributed by atoms with Crippen molar-refractivity contribution in [1.29, 1.82) is 0 Å². The number of non-ortho nitro benzene ring substituents is 1. The SMILES string of the molecule is O=[N+]([O-])c1cc(Oc2ccc(F)cc2F)cc(N2CCCC2)c1. The summed E-state index contributed by atoms with van der Waals surface area (Å²) in [5, 5.41) is 11.1. The minimum absolute atomic E-state index is 0.132. The first kappa shape index (κ1) is 15.2. The molecule has 0 amide bonds. The van der Waals surface area contributed by atoms with Gasteiger partial charge in [-0.2, -0.15) is 0 Å². The Labute approximate surface area is 131 Å². The van der Waals surface area contributed by atoms with E-state index in [1.165, 1.54) is 12.1 Å². The van der Waals surface area contributed by atoms with Crippen molar-refractivity contribution < 1.29 is 18.4 Å². The van der Waals surface area contributed by atoms with E-state index in [1.807, 2.05) is 4.90 Å². The first-order valence-corrected chi connectivity index (χ1v) is 7.20. The first-order chi connectivity index (χ1) is 11.0. The number of hydrogen-bond donors (Lipinski definition) is 0. The molecule has 0 radical (unpaired) electrons. The number of halogens is 2. The van der Waals surface area contributed by atoms with Gasteiger partial charge in [-0.05, 0) is 25.0 Å². The molecule has 1 heterocycles. The summed E-state index contributed by atoms with van der Waals surface area (Å²) in [5.41, 5.74) is 0.529. The van der Waals surface area contributed by atoms with Gasteiger partial charge in [0.25, 0.3) is 5.69 Å². The Morgan fingerprint density at radius 1 is 1.09 bits per heavy atom. The standard InChI is InChI=1S/C16H14F2N2O3/c17-11-3-4-16(15(18)7-11)23-14-9-12(19-5-1-2-6-19)8-13(10-14)20(21)22/h3-4,7-10H,1-2,5-6H2. The largest absolute Gasteiger partial charge is 0.454 e. The quantitative estimate of drug-likeness (QED) is 0.624. The molecule has 2 aromatic carbocycles. The molecule has 5 nitrogen and oxygen atoms in total. The summed E-state index contributed by atoms with van der Waals surface area (Å²) >= 11 is 0. The minimum atomic E-state index is -0.862. The lowest BCUT2D eigenvalue weighted by Gasteiger charge is -2.18. The van der Waals surface area contributed by atoms with Crippen molar-refractivity contribution >= 4 is 11.4 Å². The molecule has 1 aliphatic rings. The highest BCUT2D eigenvalue weighted by molar-refractivity contribution is 5.59. The van der Waals surface area contributed by atoms with Crippen molar-refractivity contribution in [2.75, 3.05) is 18.0 Å². The normalized spacial score (nSPS) is 14.1. The molecule has 0 aromatic heterocycles. The van der Waals surface area contributed by atoms with Gasteiger partial charge in [0.1, 0.15) is 11.6 Å². The zero-order valence-electron chi connectivity index (χ0n) is 12.2. The summed E-state index contributed by atoms with van der Waals surface area (Å²) in [7, 11) is 0. The summed E-state index contributed by atoms with van der Waals surface area (Å²) in [6, 6.07) is 7.24. The van der Waals surface area contributed by atoms with Crippen LogP contribution in [0.15, 0.2) is 36.4 Å². The summed E-state index contributed by atoms with van der Waals surface area (Å²) in [6.45, 7) is 1.62. The third kappa shape index (κ3) is 3.39. The summed E-state index contributed by atoms with van der Waals surface area (Å²) in [6.07, 6.45) is 2.04. The Morgan fingerprint density at radius 3 is 2.48 bits per heavy atom. The van der Waals surface area contributed by atoms with Crippen molar-refractivity contribution in [1.82, 2.24) is 0 Å². The van der Waals surface area contributed by atoms with Gasteiger partial charge in [-0.25, -0.2) is 8.78 Å². The third-order valence-electron chi connectivity index (χ3n) is 3.68. The second-order valence-electron chi connectivity index (χ2n) is 5.31. The Kier molecular flexibility index (Phi) is 4.10. The van der Waals surface area contributed by atoms with Crippen LogP contribution in [0, 0.1) is 21.7 Å². The lowest BCUT2D eigenvalue weighted by Crippen LogP contribution is -2.17. The third-order valence-corrected chi connectivity index (χ3v) is 3.68. The van der Waals surface area contributed by atoms with E-state index in [-0.39, 0.29) is 17.2 Å². The van der Waals surface area contributed by atoms with Gasteiger partial charge in [-0.15, -0.1) is 0 Å². The van der Waals surface area contributed by atoms with Crippen molar-refractivity contribution in [3.8, 4) is 11.5 Å². The highest BCUT2D eigenvalue weighted by Gasteiger charge is 2.18. The molecule has 0 unspecified atom stereocenters. The monoisotopic (exact) mass is 320 g/mol. The zero-order chi connectivity index (χ0) is 16.4. The number of anilines is 1. The van der Waals surface area contributed by atoms with Crippen LogP contribution in [0.2, 0.25) is 0 Å². The van der Waals surface area contributed by atoms with E-state index in [4.69, 9.17) is 4.74 Å². The smallest absolute Gasteiger partial charge is 0.275 e. The van der Waals surface area contributed by atoms with Gasteiger partial charge in [0.2, 0.25) is 0 Å². The van der Waals surface area contributed by atoms with Crippen LogP contribution in [0.25, 0.3) is 0 Å². The van der Waals surface area contributed by atoms with Gasteiger partial charge in [-0.1, -0.05) is 0 Å². The van der Waals surface area contributed by atoms with Gasteiger partial charge < -0.3 is 9.64 Å². The minimum Gasteiger partial charge on any atom is -0.454 e. The summed E-state index contributed by atoms with van der Waals surface area (Å²) in [5.74, 6) is -1.61. The number of benzene rings is 2. The fourth-order valence-electron chi connectivity index (χ4n) is 2.58. The molecule has 0 saturated carbocycles. The van der Waals surface area contributed by atoms with Gasteiger partial charge in [-0.3, -0.25) is 10.1 Å². The maximum Gasteiger partial charge on any atom is 0.275 e. The number of nitro benzene ring substituents is 1. The Balaban J connectivity index is 1.95. The van der Waals surface area contributed by atoms with Crippen molar-refractivity contribution in [2.45, 2.75) is 12.8 Å². The molecule has 1 saturated heterocycles. The van der Waals surface area contributed by atoms with Crippen LogP contribution in [0.3, 0.4) is 0 Å². The molecule has 7 heteroatoms. The second kappa shape index (κ2) is 6.20.